The Labute approximate surface area is 164 Å². The third kappa shape index (κ3) is 4.45. The maximum atomic E-state index is 11.6. The third-order valence-corrected chi connectivity index (χ3v) is 6.66. The molecule has 0 aliphatic rings. The first-order chi connectivity index (χ1) is 13.1. The van der Waals surface area contributed by atoms with Gasteiger partial charge in [0.1, 0.15) is 0 Å². The van der Waals surface area contributed by atoms with Crippen molar-refractivity contribution in [3.05, 3.63) is 89.5 Å². The number of methoxy groups -OCH3 is 2. The van der Waals surface area contributed by atoms with Gasteiger partial charge in [0, 0.05) is 0 Å². The number of carboxylic acid groups (broad SMARTS) is 1. The molecular weight excluding hydrogens is 407 g/mol. The summed E-state index contributed by atoms with van der Waals surface area (Å²) in [5.74, 6) is 0.661. The number of carboxylic acids is 1. The molecule has 3 aromatic rings. The molecule has 0 amide bonds. The summed E-state index contributed by atoms with van der Waals surface area (Å²) in [4.78, 5) is 11.6. The Kier molecular flexibility index (Phi) is 6.07. The summed E-state index contributed by atoms with van der Waals surface area (Å²) < 4.78 is 12.4. The van der Waals surface area contributed by atoms with Crippen molar-refractivity contribution >= 4 is 29.4 Å². The molecule has 27 heavy (non-hydrogen) atoms. The van der Waals surface area contributed by atoms with Gasteiger partial charge in [-0.25, -0.2) is 0 Å². The van der Waals surface area contributed by atoms with Crippen LogP contribution in [0.25, 0.3) is 0 Å². The molecule has 0 unspecified atom stereocenters. The molecule has 0 spiro atoms. The minimum absolute atomic E-state index is 0.196. The molecule has 0 aliphatic heterocycles. The van der Waals surface area contributed by atoms with E-state index in [9.17, 15) is 9.90 Å². The Morgan fingerprint density at radius 3 is 1.70 bits per heavy atom. The van der Waals surface area contributed by atoms with Crippen molar-refractivity contribution in [1.82, 2.24) is 0 Å². The Bertz CT molecular complexity index is 911. The van der Waals surface area contributed by atoms with E-state index >= 15 is 0 Å². The first-order valence-corrected chi connectivity index (χ1v) is 9.99. The number of aromatic carboxylic acids is 1. The van der Waals surface area contributed by atoms with Crippen molar-refractivity contribution in [3.8, 4) is 11.5 Å². The molecule has 0 heterocycles. The van der Waals surface area contributed by atoms with E-state index in [4.69, 9.17) is 9.47 Å². The molecule has 0 bridgehead atoms. The molecule has 1 N–H and O–H groups in total. The van der Waals surface area contributed by atoms with Crippen LogP contribution >= 0.6 is 0 Å². The number of hydrogen-bond donors (Lipinski definition) is 1. The van der Waals surface area contributed by atoms with Gasteiger partial charge in [-0.2, -0.15) is 0 Å². The van der Waals surface area contributed by atoms with Gasteiger partial charge in [-0.15, -0.1) is 0 Å². The SMILES string of the molecule is COc1ccc(C(=[Se+]c2ccccc2C(=O)O)c2ccc(OC)cc2)cc1. The molecule has 3 aromatic carbocycles. The first-order valence-electron chi connectivity index (χ1n) is 8.28. The topological polar surface area (TPSA) is 55.8 Å². The summed E-state index contributed by atoms with van der Waals surface area (Å²) in [6.45, 7) is 0. The van der Waals surface area contributed by atoms with Crippen LogP contribution in [0.5, 0.6) is 11.5 Å². The number of hydrogen-bond acceptors (Lipinski definition) is 3. The van der Waals surface area contributed by atoms with E-state index in [0.717, 1.165) is 31.5 Å². The fraction of sp³-hybridized carbons (Fsp3) is 0.0909. The molecule has 0 aliphatic carbocycles. The number of ether oxygens (including phenoxy) is 2. The van der Waals surface area contributed by atoms with Crippen molar-refractivity contribution in [2.75, 3.05) is 14.2 Å². The average molecular weight is 426 g/mol. The van der Waals surface area contributed by atoms with Crippen molar-refractivity contribution in [1.29, 1.82) is 0 Å². The molecule has 0 aromatic heterocycles. The van der Waals surface area contributed by atoms with Gasteiger partial charge in [0.15, 0.2) is 0 Å². The van der Waals surface area contributed by atoms with Crippen LogP contribution in [0.15, 0.2) is 72.8 Å². The molecule has 0 radical (unpaired) electrons. The van der Waals surface area contributed by atoms with Gasteiger partial charge in [-0.05, 0) is 0 Å². The van der Waals surface area contributed by atoms with Crippen LogP contribution in [0, 0.1) is 0 Å². The quantitative estimate of drug-likeness (QED) is 0.616. The second-order valence-corrected chi connectivity index (χ2v) is 7.90. The molecule has 0 saturated carbocycles. The molecule has 4 nitrogen and oxygen atoms in total. The molecule has 136 valence electrons. The molecule has 0 fully saturated rings. The van der Waals surface area contributed by atoms with Gasteiger partial charge in [0.05, 0.1) is 0 Å². The monoisotopic (exact) mass is 427 g/mol. The summed E-state index contributed by atoms with van der Waals surface area (Å²) in [6.07, 6.45) is 0. The van der Waals surface area contributed by atoms with Gasteiger partial charge < -0.3 is 0 Å². The zero-order valence-electron chi connectivity index (χ0n) is 15.0. The van der Waals surface area contributed by atoms with Crippen molar-refractivity contribution in [2.24, 2.45) is 0 Å². The molecule has 3 rings (SSSR count). The van der Waals surface area contributed by atoms with E-state index in [2.05, 4.69) is 0 Å². The van der Waals surface area contributed by atoms with Gasteiger partial charge in [0.25, 0.3) is 0 Å². The second kappa shape index (κ2) is 8.67. The fourth-order valence-corrected chi connectivity index (χ4v) is 5.00. The molecular formula is C22H19O4Se+. The van der Waals surface area contributed by atoms with E-state index < -0.39 is 5.97 Å². The third-order valence-electron chi connectivity index (χ3n) is 4.03. The second-order valence-electron chi connectivity index (χ2n) is 5.69. The zero-order valence-corrected chi connectivity index (χ0v) is 16.7. The number of rotatable bonds is 6. The standard InChI is InChI=1S/C22H18O4Se/c1-25-17-11-7-15(8-12-17)21(16-9-13-18(26-2)14-10-16)27-20-6-4-3-5-19(20)22(23)24/h3-14H,1-2H3/p+1. The van der Waals surface area contributed by atoms with Crippen LogP contribution in [-0.4, -0.2) is 44.2 Å². The van der Waals surface area contributed by atoms with E-state index in [-0.39, 0.29) is 14.5 Å². The summed E-state index contributed by atoms with van der Waals surface area (Å²) in [7, 11) is 3.27. The predicted octanol–water partition coefficient (Wildman–Crippen LogP) is 3.00. The summed E-state index contributed by atoms with van der Waals surface area (Å²) in [6, 6.07) is 22.8. The normalized spacial score (nSPS) is 10.1. The Hall–Kier alpha value is -2.88. The number of carbonyl (C=O) groups is 1. The van der Waals surface area contributed by atoms with E-state index in [1.807, 2.05) is 60.7 Å². The van der Waals surface area contributed by atoms with Gasteiger partial charge >= 0.3 is 164 Å². The first kappa shape index (κ1) is 18.9. The van der Waals surface area contributed by atoms with Crippen LogP contribution in [-0.2, 0) is 0 Å². The molecule has 0 saturated heterocycles. The summed E-state index contributed by atoms with van der Waals surface area (Å²) >= 11 is -0.196. The van der Waals surface area contributed by atoms with Gasteiger partial charge in [-0.3, -0.25) is 0 Å². The number of benzene rings is 3. The van der Waals surface area contributed by atoms with Crippen LogP contribution in [0.1, 0.15) is 21.5 Å². The summed E-state index contributed by atoms with van der Waals surface area (Å²) in [5, 5.41) is 9.52. The molecule has 0 atom stereocenters. The summed E-state index contributed by atoms with van der Waals surface area (Å²) in [5.41, 5.74) is 2.43. The predicted molar refractivity (Wildman–Crippen MR) is 108 cm³/mol. The minimum atomic E-state index is -0.906. The maximum absolute atomic E-state index is 11.6. The fourth-order valence-electron chi connectivity index (χ4n) is 2.61. The molecule has 5 heteroatoms. The van der Waals surface area contributed by atoms with Gasteiger partial charge in [-0.1, -0.05) is 0 Å². The van der Waals surface area contributed by atoms with Crippen LogP contribution in [0.4, 0.5) is 0 Å². The Morgan fingerprint density at radius 1 is 0.778 bits per heavy atom. The average Bonchev–Trinajstić information content (AvgIpc) is 2.72. The van der Waals surface area contributed by atoms with Crippen LogP contribution in [0.3, 0.4) is 0 Å². The van der Waals surface area contributed by atoms with Crippen LogP contribution in [0.2, 0.25) is 0 Å². The zero-order chi connectivity index (χ0) is 19.2. The van der Waals surface area contributed by atoms with Crippen molar-refractivity contribution < 1.29 is 19.4 Å². The van der Waals surface area contributed by atoms with Gasteiger partial charge in [0.2, 0.25) is 0 Å². The van der Waals surface area contributed by atoms with E-state index in [1.165, 1.54) is 0 Å². The Balaban J connectivity index is 2.15. The van der Waals surface area contributed by atoms with E-state index in [0.29, 0.717) is 5.56 Å². The van der Waals surface area contributed by atoms with E-state index in [1.54, 1.807) is 26.4 Å². The van der Waals surface area contributed by atoms with Crippen molar-refractivity contribution in [3.63, 3.8) is 0 Å². The van der Waals surface area contributed by atoms with Crippen molar-refractivity contribution in [2.45, 2.75) is 0 Å². The van der Waals surface area contributed by atoms with Crippen LogP contribution < -0.4 is 13.9 Å². The Morgan fingerprint density at radius 2 is 1.26 bits per heavy atom.